The summed E-state index contributed by atoms with van der Waals surface area (Å²) in [7, 11) is 0. The minimum absolute atomic E-state index is 0.266. The number of phenolic OH excluding ortho intramolecular Hbond substituents is 1. The summed E-state index contributed by atoms with van der Waals surface area (Å²) in [6.45, 7) is 3.65. The van der Waals surface area contributed by atoms with Crippen LogP contribution in [-0.2, 0) is 0 Å². The Bertz CT molecular complexity index is 356. The number of rotatable bonds is 2. The van der Waals surface area contributed by atoms with Gasteiger partial charge in [-0.2, -0.15) is 5.26 Å². The normalized spacial score (nSPS) is 12.1. The molecule has 0 aromatic heterocycles. The summed E-state index contributed by atoms with van der Waals surface area (Å²) in [6, 6.07) is 5.41. The summed E-state index contributed by atoms with van der Waals surface area (Å²) in [6.07, 6.45) is 0.295. The molecule has 0 aliphatic rings. The van der Waals surface area contributed by atoms with Crippen LogP contribution >= 0.6 is 0 Å². The molecule has 1 aromatic carbocycles. The van der Waals surface area contributed by atoms with E-state index in [4.69, 9.17) is 11.0 Å². The second-order valence-electron chi connectivity index (χ2n) is 3.47. The van der Waals surface area contributed by atoms with Gasteiger partial charge in [-0.25, -0.2) is 0 Å². The molecule has 1 aromatic rings. The molecule has 0 saturated carbocycles. The highest BCUT2D eigenvalue weighted by Gasteiger charge is 2.09. The van der Waals surface area contributed by atoms with Gasteiger partial charge in [0.15, 0.2) is 0 Å². The topological polar surface area (TPSA) is 70.0 Å². The fraction of sp³-hybridized carbons (Fsp3) is 0.364. The van der Waals surface area contributed by atoms with E-state index < -0.39 is 0 Å². The van der Waals surface area contributed by atoms with Gasteiger partial charge in [0.1, 0.15) is 5.75 Å². The molecule has 0 spiro atoms. The van der Waals surface area contributed by atoms with Crippen LogP contribution in [0.5, 0.6) is 5.75 Å². The first-order valence-electron chi connectivity index (χ1n) is 4.49. The first-order valence-corrected chi connectivity index (χ1v) is 4.49. The van der Waals surface area contributed by atoms with E-state index >= 15 is 0 Å². The average Bonchev–Trinajstić information content (AvgIpc) is 2.13. The third kappa shape index (κ3) is 2.04. The number of hydrogen-bond acceptors (Lipinski definition) is 3. The first kappa shape index (κ1) is 10.6. The monoisotopic (exact) mass is 190 g/mol. The van der Waals surface area contributed by atoms with E-state index in [0.717, 1.165) is 16.7 Å². The summed E-state index contributed by atoms with van der Waals surface area (Å²) >= 11 is 0. The van der Waals surface area contributed by atoms with Crippen LogP contribution in [0.1, 0.15) is 29.2 Å². The number of nitrogens with zero attached hydrogens (tertiary/aromatic N) is 1. The Labute approximate surface area is 83.8 Å². The predicted molar refractivity (Wildman–Crippen MR) is 54.7 cm³/mol. The van der Waals surface area contributed by atoms with Crippen LogP contribution in [0.25, 0.3) is 0 Å². The van der Waals surface area contributed by atoms with Crippen LogP contribution in [0.4, 0.5) is 0 Å². The molecule has 0 radical (unpaired) electrons. The van der Waals surface area contributed by atoms with Gasteiger partial charge in [-0.15, -0.1) is 0 Å². The number of aryl methyl sites for hydroxylation is 2. The lowest BCUT2D eigenvalue weighted by Crippen LogP contribution is -2.09. The number of aromatic hydroxyl groups is 1. The lowest BCUT2D eigenvalue weighted by Gasteiger charge is -2.11. The highest BCUT2D eigenvalue weighted by molar-refractivity contribution is 5.43. The summed E-state index contributed by atoms with van der Waals surface area (Å²) < 4.78 is 0. The van der Waals surface area contributed by atoms with Crippen molar-refractivity contribution in [2.75, 3.05) is 0 Å². The molecule has 1 unspecified atom stereocenters. The minimum Gasteiger partial charge on any atom is -0.507 e. The van der Waals surface area contributed by atoms with Crippen molar-refractivity contribution < 1.29 is 5.11 Å². The summed E-state index contributed by atoms with van der Waals surface area (Å²) in [5, 5.41) is 18.0. The second kappa shape index (κ2) is 4.12. The number of benzene rings is 1. The van der Waals surface area contributed by atoms with Gasteiger partial charge in [0, 0.05) is 6.04 Å². The second-order valence-corrected chi connectivity index (χ2v) is 3.47. The van der Waals surface area contributed by atoms with Crippen LogP contribution in [-0.4, -0.2) is 5.11 Å². The standard InChI is InChI=1S/C11H14N2O/c1-7-5-9(10(13)3-4-12)6-8(2)11(7)14/h5-6,10,14H,3,13H2,1-2H3. The highest BCUT2D eigenvalue weighted by atomic mass is 16.3. The summed E-state index contributed by atoms with van der Waals surface area (Å²) in [5.74, 6) is 0.304. The van der Waals surface area contributed by atoms with Crippen molar-refractivity contribution in [3.8, 4) is 11.8 Å². The highest BCUT2D eigenvalue weighted by Crippen LogP contribution is 2.26. The van der Waals surface area contributed by atoms with Crippen LogP contribution in [0.2, 0.25) is 0 Å². The fourth-order valence-electron chi connectivity index (χ4n) is 1.42. The maximum Gasteiger partial charge on any atom is 0.121 e. The van der Waals surface area contributed by atoms with Gasteiger partial charge in [-0.1, -0.05) is 12.1 Å². The fourth-order valence-corrected chi connectivity index (χ4v) is 1.42. The molecule has 0 aliphatic heterocycles. The zero-order valence-electron chi connectivity index (χ0n) is 8.41. The van der Waals surface area contributed by atoms with Crippen molar-refractivity contribution in [1.82, 2.24) is 0 Å². The van der Waals surface area contributed by atoms with Gasteiger partial charge in [0.05, 0.1) is 12.5 Å². The van der Waals surface area contributed by atoms with E-state index in [0.29, 0.717) is 12.2 Å². The lowest BCUT2D eigenvalue weighted by molar-refractivity contribution is 0.466. The number of hydrogen-bond donors (Lipinski definition) is 2. The molecule has 1 rings (SSSR count). The van der Waals surface area contributed by atoms with Crippen molar-refractivity contribution in [2.24, 2.45) is 5.73 Å². The number of phenols is 1. The molecule has 0 saturated heterocycles. The number of nitriles is 1. The van der Waals surface area contributed by atoms with Gasteiger partial charge in [0.25, 0.3) is 0 Å². The van der Waals surface area contributed by atoms with Crippen molar-refractivity contribution in [3.05, 3.63) is 28.8 Å². The molecule has 0 heterocycles. The Balaban J connectivity index is 3.07. The molecule has 0 fully saturated rings. The smallest absolute Gasteiger partial charge is 0.121 e. The van der Waals surface area contributed by atoms with E-state index in [2.05, 4.69) is 0 Å². The van der Waals surface area contributed by atoms with Gasteiger partial charge >= 0.3 is 0 Å². The third-order valence-corrected chi connectivity index (χ3v) is 2.25. The van der Waals surface area contributed by atoms with E-state index in [1.54, 1.807) is 0 Å². The van der Waals surface area contributed by atoms with Gasteiger partial charge < -0.3 is 10.8 Å². The van der Waals surface area contributed by atoms with Crippen molar-refractivity contribution in [3.63, 3.8) is 0 Å². The maximum absolute atomic E-state index is 9.54. The lowest BCUT2D eigenvalue weighted by atomic mass is 9.99. The predicted octanol–water partition coefficient (Wildman–Crippen LogP) is 1.92. The van der Waals surface area contributed by atoms with Gasteiger partial charge in [0.2, 0.25) is 0 Å². The van der Waals surface area contributed by atoms with Crippen molar-refractivity contribution in [2.45, 2.75) is 26.3 Å². The Morgan fingerprint density at radius 2 is 1.93 bits per heavy atom. The van der Waals surface area contributed by atoms with Crippen LogP contribution in [0.3, 0.4) is 0 Å². The van der Waals surface area contributed by atoms with Crippen molar-refractivity contribution >= 4 is 0 Å². The van der Waals surface area contributed by atoms with E-state index in [1.807, 2.05) is 32.0 Å². The third-order valence-electron chi connectivity index (χ3n) is 2.25. The molecule has 3 N–H and O–H groups in total. The van der Waals surface area contributed by atoms with E-state index in [9.17, 15) is 5.11 Å². The van der Waals surface area contributed by atoms with Gasteiger partial charge in [-0.05, 0) is 30.5 Å². The Hall–Kier alpha value is -1.53. The summed E-state index contributed by atoms with van der Waals surface area (Å²) in [5.41, 5.74) is 8.29. The molecule has 74 valence electrons. The largest absolute Gasteiger partial charge is 0.507 e. The zero-order chi connectivity index (χ0) is 10.7. The van der Waals surface area contributed by atoms with Crippen LogP contribution < -0.4 is 5.73 Å². The molecule has 1 atom stereocenters. The maximum atomic E-state index is 9.54. The first-order chi connectivity index (χ1) is 6.56. The van der Waals surface area contributed by atoms with E-state index in [1.165, 1.54) is 0 Å². The molecule has 0 bridgehead atoms. The Morgan fingerprint density at radius 1 is 1.43 bits per heavy atom. The molecule has 14 heavy (non-hydrogen) atoms. The van der Waals surface area contributed by atoms with Crippen LogP contribution in [0, 0.1) is 25.2 Å². The minimum atomic E-state index is -0.266. The van der Waals surface area contributed by atoms with E-state index in [-0.39, 0.29) is 6.04 Å². The summed E-state index contributed by atoms with van der Waals surface area (Å²) in [4.78, 5) is 0. The molecule has 3 heteroatoms. The zero-order valence-corrected chi connectivity index (χ0v) is 8.41. The average molecular weight is 190 g/mol. The Kier molecular flexibility index (Phi) is 3.10. The quantitative estimate of drug-likeness (QED) is 0.748. The molecular weight excluding hydrogens is 176 g/mol. The Morgan fingerprint density at radius 3 is 2.36 bits per heavy atom. The number of nitrogens with two attached hydrogens (primary N) is 1. The molecule has 0 aliphatic carbocycles. The molecular formula is C11H14N2O. The van der Waals surface area contributed by atoms with Crippen LogP contribution in [0.15, 0.2) is 12.1 Å². The van der Waals surface area contributed by atoms with Crippen molar-refractivity contribution in [1.29, 1.82) is 5.26 Å². The molecule has 3 nitrogen and oxygen atoms in total. The SMILES string of the molecule is Cc1cc(C(N)CC#N)cc(C)c1O. The van der Waals surface area contributed by atoms with Gasteiger partial charge in [-0.3, -0.25) is 0 Å². The molecule has 0 amide bonds.